The summed E-state index contributed by atoms with van der Waals surface area (Å²) in [6.45, 7) is 7.09. The number of rotatable bonds is 6. The van der Waals surface area contributed by atoms with Gasteiger partial charge in [0.15, 0.2) is 0 Å². The van der Waals surface area contributed by atoms with Gasteiger partial charge in [-0.15, -0.1) is 0 Å². The van der Waals surface area contributed by atoms with E-state index in [9.17, 15) is 4.79 Å². The molecule has 1 amide bonds. The number of hydrogen-bond acceptors (Lipinski definition) is 6. The molecule has 2 aliphatic carbocycles. The van der Waals surface area contributed by atoms with E-state index in [2.05, 4.69) is 32.2 Å². The summed E-state index contributed by atoms with van der Waals surface area (Å²) in [7, 11) is 1.70. The molecule has 4 aliphatic rings. The van der Waals surface area contributed by atoms with E-state index in [1.54, 1.807) is 7.11 Å². The Hall–Kier alpha value is -1.15. The van der Waals surface area contributed by atoms with Gasteiger partial charge in [0.25, 0.3) is 0 Å². The van der Waals surface area contributed by atoms with Crippen LogP contribution in [0.15, 0.2) is 11.6 Å². The summed E-state index contributed by atoms with van der Waals surface area (Å²) in [5.74, 6) is 0.0461. The zero-order valence-electron chi connectivity index (χ0n) is 18.8. The minimum atomic E-state index is -0.350. The highest BCUT2D eigenvalue weighted by atomic mass is 16.6. The quantitative estimate of drug-likeness (QED) is 0.504. The fourth-order valence-corrected chi connectivity index (χ4v) is 5.67. The van der Waals surface area contributed by atoms with Crippen LogP contribution in [0.2, 0.25) is 0 Å². The van der Waals surface area contributed by atoms with Crippen LogP contribution in [0.5, 0.6) is 0 Å². The Kier molecular flexibility index (Phi) is 6.19. The van der Waals surface area contributed by atoms with Crippen molar-refractivity contribution < 1.29 is 23.7 Å². The maximum atomic E-state index is 12.6. The maximum absolute atomic E-state index is 12.6. The van der Waals surface area contributed by atoms with Crippen molar-refractivity contribution in [1.29, 1.82) is 0 Å². The van der Waals surface area contributed by atoms with Gasteiger partial charge in [0.1, 0.15) is 23.4 Å². The van der Waals surface area contributed by atoms with Crippen LogP contribution in [-0.4, -0.2) is 61.4 Å². The van der Waals surface area contributed by atoms with Crippen LogP contribution in [0.25, 0.3) is 0 Å². The molecule has 30 heavy (non-hydrogen) atoms. The van der Waals surface area contributed by atoms with Crippen LogP contribution in [0.1, 0.15) is 65.7 Å². The highest BCUT2D eigenvalue weighted by molar-refractivity contribution is 5.68. The average molecular weight is 423 g/mol. The third kappa shape index (κ3) is 4.40. The summed E-state index contributed by atoms with van der Waals surface area (Å²) in [5, 5.41) is 3.04. The highest BCUT2D eigenvalue weighted by Gasteiger charge is 2.72. The topological polar surface area (TPSA) is 98.6 Å². The van der Waals surface area contributed by atoms with Gasteiger partial charge in [-0.3, -0.25) is 0 Å². The molecule has 0 aromatic heterocycles. The Labute approximate surface area is 180 Å². The standard InChI is InChI=1S/C23H38N2O5/c1-14(2)5-10-18-22(3,30-18)20-19(27-4)17(11-12-23(20)13-28-23)29-21(26)25-16-8-6-15(24)7-9-16/h5,15-20H,6-13,24H2,1-4H3,(H,25,26)/t15?,16?,17?,18-,19?,20?,22?,23+/m1/s1. The van der Waals surface area contributed by atoms with Crippen molar-refractivity contribution in [2.75, 3.05) is 13.7 Å². The number of nitrogens with two attached hydrogens (primary N) is 1. The van der Waals surface area contributed by atoms with Gasteiger partial charge in [-0.1, -0.05) is 11.6 Å². The summed E-state index contributed by atoms with van der Waals surface area (Å²) >= 11 is 0. The van der Waals surface area contributed by atoms with E-state index in [1.165, 1.54) is 5.57 Å². The van der Waals surface area contributed by atoms with Crippen LogP contribution >= 0.6 is 0 Å². The predicted octanol–water partition coefficient (Wildman–Crippen LogP) is 3.06. The van der Waals surface area contributed by atoms with E-state index < -0.39 is 0 Å². The third-order valence-electron chi connectivity index (χ3n) is 7.59. The lowest BCUT2D eigenvalue weighted by Gasteiger charge is -2.42. The van der Waals surface area contributed by atoms with Crippen molar-refractivity contribution in [2.24, 2.45) is 11.7 Å². The molecule has 7 nitrogen and oxygen atoms in total. The number of carbonyl (C=O) groups excluding carboxylic acids is 1. The van der Waals surface area contributed by atoms with Crippen LogP contribution in [0.4, 0.5) is 4.79 Å². The Morgan fingerprint density at radius 2 is 1.93 bits per heavy atom. The summed E-state index contributed by atoms with van der Waals surface area (Å²) in [4.78, 5) is 12.6. The van der Waals surface area contributed by atoms with Crippen molar-refractivity contribution in [3.05, 3.63) is 11.6 Å². The number of epoxide rings is 2. The lowest BCUT2D eigenvalue weighted by Crippen LogP contribution is -2.56. The van der Waals surface area contributed by atoms with Crippen LogP contribution in [0, 0.1) is 5.92 Å². The van der Waals surface area contributed by atoms with Crippen molar-refractivity contribution in [2.45, 2.75) is 107 Å². The molecule has 0 aromatic carbocycles. The highest BCUT2D eigenvalue weighted by Crippen LogP contribution is 2.59. The molecule has 6 atom stereocenters. The lowest BCUT2D eigenvalue weighted by molar-refractivity contribution is -0.118. The average Bonchev–Trinajstić information content (AvgIpc) is 3.61. The normalized spacial score (nSPS) is 45.0. The largest absolute Gasteiger partial charge is 0.443 e. The summed E-state index contributed by atoms with van der Waals surface area (Å²) in [6, 6.07) is 0.401. The minimum absolute atomic E-state index is 0.0461. The number of ether oxygens (including phenoxy) is 4. The molecule has 0 radical (unpaired) electrons. The Morgan fingerprint density at radius 1 is 1.23 bits per heavy atom. The molecule has 2 aliphatic heterocycles. The fourth-order valence-electron chi connectivity index (χ4n) is 5.67. The number of amides is 1. The molecule has 4 unspecified atom stereocenters. The molecule has 3 N–H and O–H groups in total. The van der Waals surface area contributed by atoms with Gasteiger partial charge >= 0.3 is 6.09 Å². The van der Waals surface area contributed by atoms with E-state index in [0.717, 1.165) is 51.6 Å². The molecule has 1 spiro atoms. The van der Waals surface area contributed by atoms with E-state index in [-0.39, 0.29) is 53.6 Å². The number of nitrogens with one attached hydrogen (secondary N) is 1. The number of alkyl carbamates (subject to hydrolysis) is 1. The van der Waals surface area contributed by atoms with E-state index in [0.29, 0.717) is 0 Å². The third-order valence-corrected chi connectivity index (χ3v) is 7.59. The molecular weight excluding hydrogens is 384 g/mol. The van der Waals surface area contributed by atoms with E-state index >= 15 is 0 Å². The van der Waals surface area contributed by atoms with Crippen molar-refractivity contribution in [3.63, 3.8) is 0 Å². The van der Waals surface area contributed by atoms with Gasteiger partial charge in [0.2, 0.25) is 0 Å². The van der Waals surface area contributed by atoms with Crippen LogP contribution < -0.4 is 11.1 Å². The molecule has 170 valence electrons. The summed E-state index contributed by atoms with van der Waals surface area (Å²) in [5.41, 5.74) is 6.74. The minimum Gasteiger partial charge on any atom is -0.443 e. The molecule has 2 saturated carbocycles. The number of methoxy groups -OCH3 is 1. The number of carbonyl (C=O) groups is 1. The maximum Gasteiger partial charge on any atom is 0.407 e. The first-order valence-electron chi connectivity index (χ1n) is 11.5. The Morgan fingerprint density at radius 3 is 2.53 bits per heavy atom. The van der Waals surface area contributed by atoms with Gasteiger partial charge in [0.05, 0.1) is 18.6 Å². The lowest BCUT2D eigenvalue weighted by atomic mass is 9.68. The molecule has 2 heterocycles. The van der Waals surface area contributed by atoms with Gasteiger partial charge < -0.3 is 30.0 Å². The SMILES string of the molecule is COC1C(OC(=O)NC2CCC(N)CC2)CC[C@]2(CO2)C1C1(C)O[C@@H]1CC=C(C)C. The summed E-state index contributed by atoms with van der Waals surface area (Å²) < 4.78 is 24.0. The molecule has 4 rings (SSSR count). The first-order valence-corrected chi connectivity index (χ1v) is 11.5. The van der Waals surface area contributed by atoms with Crippen LogP contribution in [-0.2, 0) is 18.9 Å². The molecule has 7 heteroatoms. The van der Waals surface area contributed by atoms with Gasteiger partial charge in [-0.2, -0.15) is 0 Å². The first-order chi connectivity index (χ1) is 14.3. The monoisotopic (exact) mass is 422 g/mol. The Bertz CT molecular complexity index is 667. The van der Waals surface area contributed by atoms with Gasteiger partial charge in [-0.05, 0) is 65.7 Å². The Balaban J connectivity index is 1.40. The van der Waals surface area contributed by atoms with Gasteiger partial charge in [-0.25, -0.2) is 4.79 Å². The smallest absolute Gasteiger partial charge is 0.407 e. The molecular formula is C23H38N2O5. The second-order valence-electron chi connectivity index (χ2n) is 10.1. The fraction of sp³-hybridized carbons (Fsp3) is 0.870. The second-order valence-corrected chi connectivity index (χ2v) is 10.1. The molecule has 0 aromatic rings. The van der Waals surface area contributed by atoms with Crippen molar-refractivity contribution in [3.8, 4) is 0 Å². The zero-order chi connectivity index (χ0) is 21.5. The predicted molar refractivity (Wildman–Crippen MR) is 113 cm³/mol. The van der Waals surface area contributed by atoms with Gasteiger partial charge in [0, 0.05) is 19.2 Å². The number of hydrogen-bond donors (Lipinski definition) is 2. The molecule has 0 bridgehead atoms. The number of allylic oxidation sites excluding steroid dienone is 1. The molecule has 2 saturated heterocycles. The van der Waals surface area contributed by atoms with E-state index in [4.69, 9.17) is 24.7 Å². The van der Waals surface area contributed by atoms with Crippen molar-refractivity contribution in [1.82, 2.24) is 5.32 Å². The van der Waals surface area contributed by atoms with E-state index in [1.807, 2.05) is 0 Å². The molecule has 4 fully saturated rings. The van der Waals surface area contributed by atoms with Crippen molar-refractivity contribution >= 4 is 6.09 Å². The first kappa shape index (κ1) is 22.1. The zero-order valence-corrected chi connectivity index (χ0v) is 18.8. The van der Waals surface area contributed by atoms with Crippen LogP contribution in [0.3, 0.4) is 0 Å². The summed E-state index contributed by atoms with van der Waals surface area (Å²) in [6.07, 6.45) is 7.68. The second kappa shape index (κ2) is 8.41.